The van der Waals surface area contributed by atoms with E-state index in [2.05, 4.69) is 10.6 Å². The van der Waals surface area contributed by atoms with E-state index in [4.69, 9.17) is 0 Å². The smallest absolute Gasteiger partial charge is 0.347 e. The molecule has 162 valence electrons. The molecule has 0 spiro atoms. The molecule has 0 aliphatic carbocycles. The number of hydrogen-bond donors (Lipinski definition) is 3. The van der Waals surface area contributed by atoms with Crippen molar-refractivity contribution in [1.29, 1.82) is 0 Å². The summed E-state index contributed by atoms with van der Waals surface area (Å²) in [6.45, 7) is 0. The van der Waals surface area contributed by atoms with Crippen LogP contribution in [0.1, 0.15) is 28.9 Å². The van der Waals surface area contributed by atoms with Gasteiger partial charge in [-0.05, 0) is 43.5 Å². The predicted octanol–water partition coefficient (Wildman–Crippen LogP) is 3.78. The second-order valence-electron chi connectivity index (χ2n) is 7.13. The number of halogens is 3. The maximum atomic E-state index is 12.7. The Hall–Kier alpha value is -1.76. The largest absolute Gasteiger partial charge is 0.516 e. The van der Waals surface area contributed by atoms with Crippen molar-refractivity contribution in [2.75, 3.05) is 4.72 Å². The zero-order valence-corrected chi connectivity index (χ0v) is 17.9. The van der Waals surface area contributed by atoms with Crippen molar-refractivity contribution >= 4 is 44.7 Å². The number of benzene rings is 1. The molecule has 30 heavy (non-hydrogen) atoms. The van der Waals surface area contributed by atoms with Gasteiger partial charge < -0.3 is 10.6 Å². The van der Waals surface area contributed by atoms with Gasteiger partial charge in [-0.3, -0.25) is 9.52 Å². The number of carbonyl (C=O) groups excluding carboxylic acids is 1. The fraction of sp³-hybridized carbons (Fsp3) is 0.389. The van der Waals surface area contributed by atoms with Crippen LogP contribution in [0, 0.1) is 0 Å². The average molecular weight is 478 g/mol. The zero-order chi connectivity index (χ0) is 21.5. The highest BCUT2D eigenvalue weighted by molar-refractivity contribution is 8.01. The normalized spacial score (nSPS) is 23.5. The molecule has 3 unspecified atom stereocenters. The van der Waals surface area contributed by atoms with Crippen LogP contribution >= 0.6 is 23.1 Å². The summed E-state index contributed by atoms with van der Waals surface area (Å²) in [6.07, 6.45) is 3.09. The van der Waals surface area contributed by atoms with Gasteiger partial charge in [0.2, 0.25) is 0 Å². The molecule has 2 bridgehead atoms. The lowest BCUT2D eigenvalue weighted by molar-refractivity contribution is -0.0429. The van der Waals surface area contributed by atoms with Gasteiger partial charge in [-0.2, -0.15) is 21.6 Å². The topological polar surface area (TPSA) is 87.3 Å². The van der Waals surface area contributed by atoms with Gasteiger partial charge >= 0.3 is 15.5 Å². The van der Waals surface area contributed by atoms with Crippen LogP contribution in [0.15, 0.2) is 45.5 Å². The van der Waals surface area contributed by atoms with Gasteiger partial charge in [-0.15, -0.1) is 11.3 Å². The summed E-state index contributed by atoms with van der Waals surface area (Å²) in [7, 11) is -5.52. The summed E-state index contributed by atoms with van der Waals surface area (Å²) in [5, 5.41) is 6.50. The first-order valence-electron chi connectivity index (χ1n) is 9.15. The number of para-hydroxylation sites is 1. The number of amides is 1. The fourth-order valence-electron chi connectivity index (χ4n) is 3.67. The van der Waals surface area contributed by atoms with E-state index in [1.807, 2.05) is 0 Å². The maximum absolute atomic E-state index is 12.7. The molecule has 12 heteroatoms. The molecular weight excluding hydrogens is 459 g/mol. The number of sulfonamides is 1. The quantitative estimate of drug-likeness (QED) is 0.590. The van der Waals surface area contributed by atoms with E-state index in [1.165, 1.54) is 29.5 Å². The predicted molar refractivity (Wildman–Crippen MR) is 109 cm³/mol. The Bertz CT molecular complexity index is 1060. The lowest BCUT2D eigenvalue weighted by Gasteiger charge is -2.20. The second-order valence-corrected chi connectivity index (χ2v) is 11.2. The van der Waals surface area contributed by atoms with Crippen molar-refractivity contribution in [3.8, 4) is 0 Å². The minimum atomic E-state index is -5.52. The monoisotopic (exact) mass is 477 g/mol. The van der Waals surface area contributed by atoms with Crippen LogP contribution in [0.4, 0.5) is 18.9 Å². The molecule has 3 heterocycles. The second kappa shape index (κ2) is 8.06. The first kappa shape index (κ1) is 21.5. The molecule has 3 N–H and O–H groups in total. The maximum Gasteiger partial charge on any atom is 0.516 e. The van der Waals surface area contributed by atoms with Crippen LogP contribution in [-0.4, -0.2) is 38.0 Å². The van der Waals surface area contributed by atoms with E-state index in [0.29, 0.717) is 26.1 Å². The van der Waals surface area contributed by atoms with Crippen molar-refractivity contribution < 1.29 is 26.4 Å². The Morgan fingerprint density at radius 3 is 2.60 bits per heavy atom. The highest BCUT2D eigenvalue weighted by atomic mass is 32.2. The minimum Gasteiger partial charge on any atom is -0.347 e. The van der Waals surface area contributed by atoms with E-state index in [9.17, 15) is 26.4 Å². The summed E-state index contributed by atoms with van der Waals surface area (Å²) in [5.74, 6) is -0.183. The molecular formula is C18H18F3N3O3S3. The third-order valence-corrected chi connectivity index (χ3v) is 8.46. The van der Waals surface area contributed by atoms with Crippen molar-refractivity contribution in [3.05, 3.63) is 41.3 Å². The summed E-state index contributed by atoms with van der Waals surface area (Å²) in [6, 6.07) is 10.0. The summed E-state index contributed by atoms with van der Waals surface area (Å²) >= 11 is 2.29. The van der Waals surface area contributed by atoms with Gasteiger partial charge in [0.15, 0.2) is 0 Å². The van der Waals surface area contributed by atoms with Crippen LogP contribution in [0.5, 0.6) is 0 Å². The molecule has 4 rings (SSSR count). The third-order valence-electron chi connectivity index (χ3n) is 5.07. The first-order valence-corrected chi connectivity index (χ1v) is 12.3. The average Bonchev–Trinajstić information content (AvgIpc) is 3.39. The van der Waals surface area contributed by atoms with Crippen LogP contribution in [0.3, 0.4) is 0 Å². The molecule has 1 amide bonds. The highest BCUT2D eigenvalue weighted by Gasteiger charge is 2.46. The van der Waals surface area contributed by atoms with E-state index in [-0.39, 0.29) is 17.6 Å². The van der Waals surface area contributed by atoms with E-state index in [0.717, 1.165) is 31.0 Å². The molecule has 1 aromatic heterocycles. The van der Waals surface area contributed by atoms with Crippen molar-refractivity contribution in [3.63, 3.8) is 0 Å². The molecule has 2 aliphatic heterocycles. The van der Waals surface area contributed by atoms with Gasteiger partial charge in [0.05, 0.1) is 14.8 Å². The number of nitrogens with one attached hydrogen (secondary N) is 3. The number of alkyl halides is 3. The van der Waals surface area contributed by atoms with Gasteiger partial charge in [-0.1, -0.05) is 23.9 Å². The van der Waals surface area contributed by atoms with Crippen molar-refractivity contribution in [2.45, 2.75) is 52.0 Å². The number of fused-ring (bicyclic) bond motifs is 2. The van der Waals surface area contributed by atoms with Crippen LogP contribution in [0.25, 0.3) is 0 Å². The SMILES string of the molecule is O=C(NC1CC2CCC1N2)c1ccc(Sc2ccccc2NS(=O)(=O)C(F)(F)F)s1. The number of carbonyl (C=O) groups is 1. The Morgan fingerprint density at radius 1 is 1.17 bits per heavy atom. The van der Waals surface area contributed by atoms with Crippen LogP contribution in [-0.2, 0) is 10.0 Å². The third kappa shape index (κ3) is 4.46. The number of hydrogen-bond acceptors (Lipinski definition) is 6. The molecule has 2 aliphatic rings. The number of thiophene rings is 1. The van der Waals surface area contributed by atoms with E-state index < -0.39 is 15.5 Å². The first-order chi connectivity index (χ1) is 14.1. The molecule has 0 radical (unpaired) electrons. The number of rotatable bonds is 6. The minimum absolute atomic E-state index is 0.104. The van der Waals surface area contributed by atoms with Gasteiger partial charge in [0.1, 0.15) is 0 Å². The molecule has 2 aromatic rings. The summed E-state index contributed by atoms with van der Waals surface area (Å²) in [5.41, 5.74) is -5.58. The van der Waals surface area contributed by atoms with Crippen molar-refractivity contribution in [2.24, 2.45) is 0 Å². The lowest BCUT2D eigenvalue weighted by atomic mass is 9.95. The van der Waals surface area contributed by atoms with Crippen LogP contribution in [0.2, 0.25) is 0 Å². The summed E-state index contributed by atoms with van der Waals surface area (Å²) in [4.78, 5) is 13.3. The van der Waals surface area contributed by atoms with E-state index in [1.54, 1.807) is 22.9 Å². The lowest BCUT2D eigenvalue weighted by Crippen LogP contribution is -2.42. The Morgan fingerprint density at radius 2 is 1.93 bits per heavy atom. The number of anilines is 1. The summed E-state index contributed by atoms with van der Waals surface area (Å²) < 4.78 is 63.2. The van der Waals surface area contributed by atoms with Crippen LogP contribution < -0.4 is 15.4 Å². The molecule has 6 nitrogen and oxygen atoms in total. The molecule has 3 atom stereocenters. The molecule has 0 saturated carbocycles. The standard InChI is InChI=1S/C18H18F3N3O3S3/c19-18(20,21)30(26,27)24-12-3-1-2-4-14(12)28-16-8-7-15(29-16)17(25)23-13-9-10-5-6-11(13)22-10/h1-4,7-8,10-11,13,22,24H,5-6,9H2,(H,23,25). The fourth-order valence-corrected chi connectivity index (χ4v) is 6.39. The molecule has 2 saturated heterocycles. The Kier molecular flexibility index (Phi) is 5.77. The highest BCUT2D eigenvalue weighted by Crippen LogP contribution is 2.39. The Labute approximate surface area is 179 Å². The van der Waals surface area contributed by atoms with Gasteiger partial charge in [-0.25, -0.2) is 0 Å². The molecule has 1 aromatic carbocycles. The van der Waals surface area contributed by atoms with E-state index >= 15 is 0 Å². The van der Waals surface area contributed by atoms with Crippen molar-refractivity contribution in [1.82, 2.24) is 10.6 Å². The molecule has 2 fully saturated rings. The Balaban J connectivity index is 1.45. The zero-order valence-electron chi connectivity index (χ0n) is 15.4. The van der Waals surface area contributed by atoms with Gasteiger partial charge in [0, 0.05) is 23.0 Å². The van der Waals surface area contributed by atoms with Gasteiger partial charge in [0.25, 0.3) is 5.91 Å².